The van der Waals surface area contributed by atoms with Crippen LogP contribution < -0.4 is 5.73 Å². The van der Waals surface area contributed by atoms with Crippen LogP contribution in [0.25, 0.3) is 0 Å². The van der Waals surface area contributed by atoms with Gasteiger partial charge in [0.1, 0.15) is 5.69 Å². The Labute approximate surface area is 124 Å². The summed E-state index contributed by atoms with van der Waals surface area (Å²) < 4.78 is 1.86. The Morgan fingerprint density at radius 1 is 1.29 bits per heavy atom. The van der Waals surface area contributed by atoms with E-state index in [1.54, 1.807) is 12.5 Å². The van der Waals surface area contributed by atoms with Gasteiger partial charge < -0.3 is 15.2 Å². The fourth-order valence-corrected chi connectivity index (χ4v) is 2.78. The van der Waals surface area contributed by atoms with Crippen molar-refractivity contribution in [2.75, 3.05) is 13.1 Å². The molecule has 0 aliphatic carbocycles. The zero-order valence-electron chi connectivity index (χ0n) is 12.0. The second-order valence-corrected chi connectivity index (χ2v) is 5.38. The van der Waals surface area contributed by atoms with Crippen LogP contribution in [-0.2, 0) is 19.5 Å². The fourth-order valence-electron chi connectivity index (χ4n) is 2.78. The van der Waals surface area contributed by atoms with E-state index in [-0.39, 0.29) is 5.91 Å². The van der Waals surface area contributed by atoms with Gasteiger partial charge in [-0.2, -0.15) is 0 Å². The SMILES string of the molecule is NCCn1cnc(C(=O)N2CCCc3ccccc3C2)c1. The van der Waals surface area contributed by atoms with E-state index in [1.165, 1.54) is 11.1 Å². The normalized spacial score (nSPS) is 14.6. The standard InChI is InChI=1S/C16H20N4O/c17-7-9-19-11-15(18-12-19)16(21)20-8-3-6-13-4-1-2-5-14(13)10-20/h1-2,4-5,11-12H,3,6-10,17H2. The van der Waals surface area contributed by atoms with Gasteiger partial charge in [0.15, 0.2) is 0 Å². The van der Waals surface area contributed by atoms with E-state index < -0.39 is 0 Å². The van der Waals surface area contributed by atoms with E-state index in [2.05, 4.69) is 23.2 Å². The summed E-state index contributed by atoms with van der Waals surface area (Å²) in [6.07, 6.45) is 5.48. The molecule has 2 aromatic rings. The molecule has 0 saturated carbocycles. The number of fused-ring (bicyclic) bond motifs is 1. The highest BCUT2D eigenvalue weighted by Gasteiger charge is 2.21. The molecule has 0 bridgehead atoms. The highest BCUT2D eigenvalue weighted by molar-refractivity contribution is 5.92. The Bertz CT molecular complexity index is 635. The Hall–Kier alpha value is -2.14. The first kappa shape index (κ1) is 13.8. The van der Waals surface area contributed by atoms with Crippen molar-refractivity contribution in [2.24, 2.45) is 5.73 Å². The zero-order valence-corrected chi connectivity index (χ0v) is 12.0. The number of aryl methyl sites for hydroxylation is 1. The van der Waals surface area contributed by atoms with Crippen molar-refractivity contribution in [3.8, 4) is 0 Å². The van der Waals surface area contributed by atoms with Gasteiger partial charge >= 0.3 is 0 Å². The summed E-state index contributed by atoms with van der Waals surface area (Å²) in [5.41, 5.74) is 8.61. The highest BCUT2D eigenvalue weighted by Crippen LogP contribution is 2.19. The molecule has 1 aliphatic rings. The number of aromatic nitrogens is 2. The zero-order chi connectivity index (χ0) is 14.7. The topological polar surface area (TPSA) is 64.2 Å². The van der Waals surface area contributed by atoms with E-state index in [4.69, 9.17) is 5.73 Å². The molecule has 2 N–H and O–H groups in total. The highest BCUT2D eigenvalue weighted by atomic mass is 16.2. The van der Waals surface area contributed by atoms with Crippen molar-refractivity contribution in [3.05, 3.63) is 53.6 Å². The number of carbonyl (C=O) groups excluding carboxylic acids is 1. The Morgan fingerprint density at radius 3 is 2.90 bits per heavy atom. The first-order valence-corrected chi connectivity index (χ1v) is 7.36. The van der Waals surface area contributed by atoms with Gasteiger partial charge in [-0.05, 0) is 24.0 Å². The Kier molecular flexibility index (Phi) is 4.01. The number of imidazole rings is 1. The quantitative estimate of drug-likeness (QED) is 0.927. The van der Waals surface area contributed by atoms with Gasteiger partial charge in [0.25, 0.3) is 5.91 Å². The summed E-state index contributed by atoms with van der Waals surface area (Å²) in [5, 5.41) is 0. The molecule has 0 unspecified atom stereocenters. The molecule has 0 spiro atoms. The average Bonchev–Trinajstić information content (AvgIpc) is 2.85. The minimum Gasteiger partial charge on any atom is -0.335 e. The van der Waals surface area contributed by atoms with Gasteiger partial charge in [0, 0.05) is 32.4 Å². The predicted octanol–water partition coefficient (Wildman–Crippen LogP) is 1.43. The number of carbonyl (C=O) groups is 1. The van der Waals surface area contributed by atoms with Crippen molar-refractivity contribution < 1.29 is 4.79 Å². The summed E-state index contributed by atoms with van der Waals surface area (Å²) >= 11 is 0. The third kappa shape index (κ3) is 2.97. The maximum Gasteiger partial charge on any atom is 0.274 e. The van der Waals surface area contributed by atoms with Crippen molar-refractivity contribution >= 4 is 5.91 Å². The number of benzene rings is 1. The number of nitrogens with zero attached hydrogens (tertiary/aromatic N) is 3. The third-order valence-corrected chi connectivity index (χ3v) is 3.88. The number of rotatable bonds is 3. The van der Waals surface area contributed by atoms with Gasteiger partial charge in [0.05, 0.1) is 6.33 Å². The van der Waals surface area contributed by atoms with Crippen LogP contribution in [0, 0.1) is 0 Å². The Balaban J connectivity index is 1.78. The summed E-state index contributed by atoms with van der Waals surface area (Å²) in [7, 11) is 0. The molecule has 0 saturated heterocycles. The average molecular weight is 284 g/mol. The van der Waals surface area contributed by atoms with Crippen LogP contribution in [0.2, 0.25) is 0 Å². The molecule has 0 radical (unpaired) electrons. The van der Waals surface area contributed by atoms with Crippen LogP contribution >= 0.6 is 0 Å². The van der Waals surface area contributed by atoms with Gasteiger partial charge in [0.2, 0.25) is 0 Å². The molecular formula is C16H20N4O. The van der Waals surface area contributed by atoms with Crippen molar-refractivity contribution in [1.29, 1.82) is 0 Å². The molecule has 110 valence electrons. The number of hydrogen-bond donors (Lipinski definition) is 1. The second-order valence-electron chi connectivity index (χ2n) is 5.38. The summed E-state index contributed by atoms with van der Waals surface area (Å²) in [6, 6.07) is 8.35. The van der Waals surface area contributed by atoms with E-state index in [0.29, 0.717) is 25.3 Å². The van der Waals surface area contributed by atoms with Crippen LogP contribution in [0.3, 0.4) is 0 Å². The molecule has 5 heteroatoms. The molecule has 1 amide bonds. The minimum absolute atomic E-state index is 0.00229. The van der Waals surface area contributed by atoms with Crippen LogP contribution in [0.5, 0.6) is 0 Å². The van der Waals surface area contributed by atoms with Crippen LogP contribution in [-0.4, -0.2) is 33.4 Å². The van der Waals surface area contributed by atoms with E-state index in [9.17, 15) is 4.79 Å². The lowest BCUT2D eigenvalue weighted by Crippen LogP contribution is -2.31. The van der Waals surface area contributed by atoms with Gasteiger partial charge in [-0.1, -0.05) is 24.3 Å². The molecule has 0 fully saturated rings. The van der Waals surface area contributed by atoms with Crippen LogP contribution in [0.4, 0.5) is 0 Å². The van der Waals surface area contributed by atoms with Gasteiger partial charge in [-0.25, -0.2) is 4.98 Å². The first-order valence-electron chi connectivity index (χ1n) is 7.36. The molecule has 1 aromatic heterocycles. The monoisotopic (exact) mass is 284 g/mol. The molecule has 1 aromatic carbocycles. The van der Waals surface area contributed by atoms with Crippen LogP contribution in [0.15, 0.2) is 36.8 Å². The second kappa shape index (κ2) is 6.10. The van der Waals surface area contributed by atoms with Crippen molar-refractivity contribution in [3.63, 3.8) is 0 Å². The maximum absolute atomic E-state index is 12.6. The van der Waals surface area contributed by atoms with Crippen molar-refractivity contribution in [1.82, 2.24) is 14.5 Å². The smallest absolute Gasteiger partial charge is 0.274 e. The molecule has 2 heterocycles. The van der Waals surface area contributed by atoms with Gasteiger partial charge in [-0.3, -0.25) is 4.79 Å². The summed E-state index contributed by atoms with van der Waals surface area (Å²) in [5.74, 6) is 0.00229. The summed E-state index contributed by atoms with van der Waals surface area (Å²) in [6.45, 7) is 2.67. The number of nitrogens with two attached hydrogens (primary N) is 1. The minimum atomic E-state index is 0.00229. The number of hydrogen-bond acceptors (Lipinski definition) is 3. The largest absolute Gasteiger partial charge is 0.335 e. The number of amides is 1. The molecule has 3 rings (SSSR count). The lowest BCUT2D eigenvalue weighted by molar-refractivity contribution is 0.0740. The molecule has 0 atom stereocenters. The lowest BCUT2D eigenvalue weighted by atomic mass is 10.0. The Morgan fingerprint density at radius 2 is 2.10 bits per heavy atom. The predicted molar refractivity (Wildman–Crippen MR) is 80.8 cm³/mol. The summed E-state index contributed by atoms with van der Waals surface area (Å²) in [4.78, 5) is 18.7. The molecule has 5 nitrogen and oxygen atoms in total. The molecule has 1 aliphatic heterocycles. The third-order valence-electron chi connectivity index (χ3n) is 3.88. The van der Waals surface area contributed by atoms with Crippen LogP contribution in [0.1, 0.15) is 28.0 Å². The molecular weight excluding hydrogens is 264 g/mol. The van der Waals surface area contributed by atoms with Crippen molar-refractivity contribution in [2.45, 2.75) is 25.9 Å². The van der Waals surface area contributed by atoms with Gasteiger partial charge in [-0.15, -0.1) is 0 Å². The maximum atomic E-state index is 12.6. The fraction of sp³-hybridized carbons (Fsp3) is 0.375. The molecule has 21 heavy (non-hydrogen) atoms. The van der Waals surface area contributed by atoms with E-state index in [1.807, 2.05) is 15.5 Å². The van der Waals surface area contributed by atoms with E-state index in [0.717, 1.165) is 19.4 Å². The van der Waals surface area contributed by atoms with E-state index >= 15 is 0 Å². The lowest BCUT2D eigenvalue weighted by Gasteiger charge is -2.19. The first-order chi connectivity index (χ1) is 10.3.